The van der Waals surface area contributed by atoms with E-state index in [9.17, 15) is 9.82 Å². The number of carbonyl (C=O) groups is 1. The van der Waals surface area contributed by atoms with Gasteiger partial charge in [-0.2, -0.15) is 0 Å². The Morgan fingerprint density at radius 1 is 1.70 bits per heavy atom. The number of esters is 1. The Morgan fingerprint density at radius 3 is 2.85 bits per heavy atom. The molecule has 0 spiro atoms. The molecule has 1 aliphatic heterocycles. The second kappa shape index (κ2) is 7.42. The smallest absolute Gasteiger partial charge is 0.379 e. The van der Waals surface area contributed by atoms with E-state index in [1.54, 1.807) is 17.7 Å². The van der Waals surface area contributed by atoms with Gasteiger partial charge in [0.05, 0.1) is 19.3 Å². The summed E-state index contributed by atoms with van der Waals surface area (Å²) in [5.74, 6) is -0.815. The fourth-order valence-electron chi connectivity index (χ4n) is 2.45. The first-order chi connectivity index (χ1) is 9.33. The van der Waals surface area contributed by atoms with Crippen molar-refractivity contribution in [3.05, 3.63) is 12.2 Å². The van der Waals surface area contributed by atoms with E-state index in [1.807, 2.05) is 13.8 Å². The first-order valence-electron chi connectivity index (χ1n) is 6.47. The topological polar surface area (TPSA) is 79.2 Å². The van der Waals surface area contributed by atoms with Gasteiger partial charge in [-0.05, 0) is 26.7 Å². The molecule has 0 saturated carbocycles. The van der Waals surface area contributed by atoms with Gasteiger partial charge in [0.25, 0.3) is 0 Å². The molecular weight excluding hydrogens is 284 g/mol. The van der Waals surface area contributed by atoms with E-state index in [1.165, 1.54) is 6.08 Å². The van der Waals surface area contributed by atoms with Crippen LogP contribution in [0.25, 0.3) is 0 Å². The molecule has 0 amide bonds. The van der Waals surface area contributed by atoms with Gasteiger partial charge in [0.15, 0.2) is 0 Å². The van der Waals surface area contributed by atoms with Crippen molar-refractivity contribution in [1.29, 1.82) is 0 Å². The van der Waals surface area contributed by atoms with Crippen molar-refractivity contribution >= 4 is 24.6 Å². The van der Waals surface area contributed by atoms with Crippen LogP contribution in [0.15, 0.2) is 12.2 Å². The molecule has 2 atom stereocenters. The van der Waals surface area contributed by atoms with Gasteiger partial charge in [-0.25, -0.2) is 0 Å². The number of aliphatic hydroxyl groups excluding tert-OH is 1. The summed E-state index contributed by atoms with van der Waals surface area (Å²) in [6.45, 7) is 5.42. The Balaban J connectivity index is 2.94. The number of nitrogens with zero attached hydrogens (tertiary/aromatic N) is 1. The number of alkyl halides is 1. The largest absolute Gasteiger partial charge is 0.456 e. The van der Waals surface area contributed by atoms with Crippen molar-refractivity contribution in [3.63, 3.8) is 0 Å². The summed E-state index contributed by atoms with van der Waals surface area (Å²) < 4.78 is 10.9. The highest BCUT2D eigenvalue weighted by atomic mass is 35.5. The van der Waals surface area contributed by atoms with Gasteiger partial charge in [0.2, 0.25) is 0 Å². The number of ether oxygens (including phenoxy) is 2. The molecule has 0 bridgehead atoms. The molecule has 0 unspecified atom stereocenters. The van der Waals surface area contributed by atoms with E-state index in [0.717, 1.165) is 0 Å². The fraction of sp³-hybridized carbons (Fsp3) is 0.750. The Labute approximate surface area is 124 Å². The summed E-state index contributed by atoms with van der Waals surface area (Å²) in [5, 5.41) is 18.8. The second-order valence-corrected chi connectivity index (χ2v) is 5.33. The second-order valence-electron chi connectivity index (χ2n) is 5.06. The number of carbonyl (C=O) groups excluding carboxylic acids is 1. The van der Waals surface area contributed by atoms with Crippen molar-refractivity contribution in [3.8, 4) is 0 Å². The molecule has 1 aliphatic rings. The van der Waals surface area contributed by atoms with Gasteiger partial charge in [-0.15, -0.1) is 11.6 Å². The zero-order chi connectivity index (χ0) is 15.3. The van der Waals surface area contributed by atoms with Crippen molar-refractivity contribution < 1.29 is 24.4 Å². The third-order valence-electron chi connectivity index (χ3n) is 3.18. The molecule has 0 aromatic carbocycles. The molecule has 114 valence electrons. The normalized spacial score (nSPS) is 24.0. The number of halogens is 1. The molecule has 1 heterocycles. The number of aliphatic hydroxyl groups is 1. The molecular formula is C12H21BClNO5. The lowest BCUT2D eigenvalue weighted by Crippen LogP contribution is -2.55. The Morgan fingerprint density at radius 2 is 2.35 bits per heavy atom. The highest BCUT2D eigenvalue weighted by Gasteiger charge is 2.47. The minimum Gasteiger partial charge on any atom is -0.456 e. The molecule has 0 aromatic rings. The molecule has 6 nitrogen and oxygen atoms in total. The minimum atomic E-state index is -0.766. The maximum absolute atomic E-state index is 11.4. The minimum absolute atomic E-state index is 0.166. The quantitative estimate of drug-likeness (QED) is 0.317. The average molecular weight is 306 g/mol. The number of hydrogen-bond donors (Lipinski definition) is 2. The van der Waals surface area contributed by atoms with Crippen LogP contribution in [0.2, 0.25) is 6.82 Å². The van der Waals surface area contributed by atoms with E-state index in [0.29, 0.717) is 6.61 Å². The summed E-state index contributed by atoms with van der Waals surface area (Å²) in [7, 11) is -0.766. The molecule has 2 N–H and O–H groups in total. The van der Waals surface area contributed by atoms with E-state index in [2.05, 4.69) is 0 Å². The molecule has 0 radical (unpaired) electrons. The van der Waals surface area contributed by atoms with Crippen LogP contribution in [0.4, 0.5) is 0 Å². The first kappa shape index (κ1) is 17.5. The van der Waals surface area contributed by atoms with Gasteiger partial charge in [0, 0.05) is 0 Å². The molecule has 1 rings (SSSR count). The number of hydrogen-bond acceptors (Lipinski definition) is 6. The van der Waals surface area contributed by atoms with Gasteiger partial charge >= 0.3 is 13.0 Å². The predicted octanol–water partition coefficient (Wildman–Crippen LogP) is 0.233. The molecule has 1 fully saturated rings. The zero-order valence-electron chi connectivity index (χ0n) is 12.0. The van der Waals surface area contributed by atoms with Crippen LogP contribution >= 0.6 is 11.6 Å². The Kier molecular flexibility index (Phi) is 6.48. The lowest BCUT2D eigenvalue weighted by Gasteiger charge is -2.36. The zero-order valence-corrected chi connectivity index (χ0v) is 12.7. The van der Waals surface area contributed by atoms with Crippen LogP contribution in [0.1, 0.15) is 13.8 Å². The number of rotatable bonds is 6. The van der Waals surface area contributed by atoms with Crippen LogP contribution in [-0.2, 0) is 14.3 Å². The van der Waals surface area contributed by atoms with Gasteiger partial charge in [0.1, 0.15) is 17.7 Å². The monoisotopic (exact) mass is 305 g/mol. The lowest BCUT2D eigenvalue weighted by atomic mass is 9.80. The molecule has 1 saturated heterocycles. The SMILES string of the molecule is CB(O)N1[C@@H]([C@H](/C=C/CO)OC(=O)CCl)COC1(C)C. The molecule has 0 aliphatic carbocycles. The van der Waals surface area contributed by atoms with E-state index in [-0.39, 0.29) is 18.5 Å². The van der Waals surface area contributed by atoms with E-state index >= 15 is 0 Å². The van der Waals surface area contributed by atoms with Gasteiger partial charge in [-0.1, -0.05) is 6.08 Å². The predicted molar refractivity (Wildman–Crippen MR) is 76.3 cm³/mol. The molecule has 20 heavy (non-hydrogen) atoms. The maximum Gasteiger partial charge on any atom is 0.379 e. The molecule has 0 aromatic heterocycles. The Hall–Kier alpha value is -0.595. The highest BCUT2D eigenvalue weighted by Crippen LogP contribution is 2.30. The van der Waals surface area contributed by atoms with Crippen LogP contribution in [0, 0.1) is 0 Å². The summed E-state index contributed by atoms with van der Waals surface area (Å²) in [6.07, 6.45) is 2.41. The average Bonchev–Trinajstić information content (AvgIpc) is 2.69. The van der Waals surface area contributed by atoms with Crippen LogP contribution < -0.4 is 0 Å². The third kappa shape index (κ3) is 4.20. The maximum atomic E-state index is 11.4. The van der Waals surface area contributed by atoms with Crippen molar-refractivity contribution in [2.24, 2.45) is 0 Å². The van der Waals surface area contributed by atoms with Gasteiger partial charge < -0.3 is 19.6 Å². The standard InChI is InChI=1S/C12H21BClNO5/c1-12(2)15(13(3)18)9(8-19-12)10(5-4-6-16)20-11(17)7-14/h4-5,9-10,16,18H,6-8H2,1-3H3/b5-4+/t9-,10+/m1/s1. The van der Waals surface area contributed by atoms with Crippen molar-refractivity contribution in [2.45, 2.75) is 38.5 Å². The summed E-state index contributed by atoms with van der Waals surface area (Å²) in [6, 6.07) is -0.347. The van der Waals surface area contributed by atoms with Crippen molar-refractivity contribution in [2.75, 3.05) is 19.1 Å². The van der Waals surface area contributed by atoms with Crippen LogP contribution in [-0.4, -0.2) is 64.9 Å². The third-order valence-corrected chi connectivity index (χ3v) is 3.39. The van der Waals surface area contributed by atoms with Crippen LogP contribution in [0.5, 0.6) is 0 Å². The molecule has 8 heteroatoms. The Bertz CT molecular complexity index is 364. The highest BCUT2D eigenvalue weighted by molar-refractivity contribution is 6.45. The van der Waals surface area contributed by atoms with Crippen LogP contribution in [0.3, 0.4) is 0 Å². The first-order valence-corrected chi connectivity index (χ1v) is 7.00. The summed E-state index contributed by atoms with van der Waals surface area (Å²) in [4.78, 5) is 13.1. The van der Waals surface area contributed by atoms with Crippen molar-refractivity contribution in [1.82, 2.24) is 4.81 Å². The fourth-order valence-corrected chi connectivity index (χ4v) is 2.51. The van der Waals surface area contributed by atoms with E-state index < -0.39 is 24.8 Å². The van der Waals surface area contributed by atoms with E-state index in [4.69, 9.17) is 26.2 Å². The summed E-state index contributed by atoms with van der Waals surface area (Å²) in [5.41, 5.74) is -0.669. The lowest BCUT2D eigenvalue weighted by molar-refractivity contribution is -0.145. The summed E-state index contributed by atoms with van der Waals surface area (Å²) >= 11 is 5.45. The van der Waals surface area contributed by atoms with Gasteiger partial charge in [-0.3, -0.25) is 9.61 Å².